The van der Waals surface area contributed by atoms with Crippen molar-refractivity contribution < 1.29 is 4.79 Å². The van der Waals surface area contributed by atoms with E-state index in [0.29, 0.717) is 13.1 Å². The minimum absolute atomic E-state index is 0.0231. The minimum Gasteiger partial charge on any atom is -0.368 e. The Bertz CT molecular complexity index is 686. The van der Waals surface area contributed by atoms with Gasteiger partial charge in [-0.05, 0) is 42.8 Å². The van der Waals surface area contributed by atoms with Crippen LogP contribution in [0.15, 0.2) is 48.8 Å². The largest absolute Gasteiger partial charge is 0.368 e. The number of benzene rings is 1. The zero-order valence-electron chi connectivity index (χ0n) is 13.7. The number of rotatable bonds is 3. The van der Waals surface area contributed by atoms with Gasteiger partial charge in [-0.3, -0.25) is 4.98 Å². The molecule has 3 rings (SSSR count). The normalized spacial score (nSPS) is 15.9. The van der Waals surface area contributed by atoms with E-state index in [4.69, 9.17) is 11.6 Å². The number of hydrogen-bond acceptors (Lipinski definition) is 3. The van der Waals surface area contributed by atoms with Gasteiger partial charge in [0, 0.05) is 49.3 Å². The molecule has 1 N–H and O–H groups in total. The zero-order valence-corrected chi connectivity index (χ0v) is 14.4. The SMILES string of the molecule is C[C@H](NC(=O)N1CCN(c2cccc(Cl)c2)CC1)c1ccncc1. The van der Waals surface area contributed by atoms with Crippen molar-refractivity contribution in [1.82, 2.24) is 15.2 Å². The highest BCUT2D eigenvalue weighted by Gasteiger charge is 2.22. The van der Waals surface area contributed by atoms with Gasteiger partial charge < -0.3 is 15.1 Å². The van der Waals surface area contributed by atoms with Crippen molar-refractivity contribution in [1.29, 1.82) is 0 Å². The maximum Gasteiger partial charge on any atom is 0.317 e. The number of pyridine rings is 1. The summed E-state index contributed by atoms with van der Waals surface area (Å²) in [5.74, 6) is 0. The Morgan fingerprint density at radius 1 is 1.17 bits per heavy atom. The molecule has 2 aromatic rings. The first-order valence-electron chi connectivity index (χ1n) is 8.09. The summed E-state index contributed by atoms with van der Waals surface area (Å²) >= 11 is 6.05. The van der Waals surface area contributed by atoms with Crippen molar-refractivity contribution >= 4 is 23.3 Å². The molecule has 0 spiro atoms. The molecule has 24 heavy (non-hydrogen) atoms. The van der Waals surface area contributed by atoms with E-state index in [1.165, 1.54) is 0 Å². The van der Waals surface area contributed by atoms with Gasteiger partial charge >= 0.3 is 6.03 Å². The molecule has 1 fully saturated rings. The summed E-state index contributed by atoms with van der Waals surface area (Å²) in [6.07, 6.45) is 3.48. The Balaban J connectivity index is 1.53. The van der Waals surface area contributed by atoms with E-state index in [1.54, 1.807) is 12.4 Å². The van der Waals surface area contributed by atoms with Crippen LogP contribution in [-0.2, 0) is 0 Å². The molecule has 1 aromatic carbocycles. The Labute approximate surface area is 147 Å². The Kier molecular flexibility index (Phi) is 5.20. The molecule has 0 saturated carbocycles. The maximum atomic E-state index is 12.4. The second kappa shape index (κ2) is 7.53. The third kappa shape index (κ3) is 3.97. The molecule has 0 radical (unpaired) electrons. The van der Waals surface area contributed by atoms with Crippen LogP contribution in [0, 0.1) is 0 Å². The molecule has 0 bridgehead atoms. The molecule has 2 amide bonds. The Morgan fingerprint density at radius 2 is 1.88 bits per heavy atom. The van der Waals surface area contributed by atoms with Crippen LogP contribution in [-0.4, -0.2) is 42.1 Å². The van der Waals surface area contributed by atoms with Crippen molar-refractivity contribution in [2.24, 2.45) is 0 Å². The number of carbonyl (C=O) groups is 1. The third-order valence-corrected chi connectivity index (χ3v) is 4.52. The van der Waals surface area contributed by atoms with E-state index in [-0.39, 0.29) is 12.1 Å². The van der Waals surface area contributed by atoms with E-state index in [1.807, 2.05) is 48.2 Å². The van der Waals surface area contributed by atoms with Crippen LogP contribution in [0.25, 0.3) is 0 Å². The fourth-order valence-corrected chi connectivity index (χ4v) is 3.04. The number of nitrogens with zero attached hydrogens (tertiary/aromatic N) is 3. The molecule has 0 aliphatic carbocycles. The molecule has 1 atom stereocenters. The molecular formula is C18H21ClN4O. The molecule has 1 aromatic heterocycles. The zero-order chi connectivity index (χ0) is 16.9. The molecule has 0 unspecified atom stereocenters. The number of aromatic nitrogens is 1. The summed E-state index contributed by atoms with van der Waals surface area (Å²) in [5.41, 5.74) is 2.16. The van der Waals surface area contributed by atoms with Crippen molar-refractivity contribution in [2.75, 3.05) is 31.1 Å². The fourth-order valence-electron chi connectivity index (χ4n) is 2.85. The number of amides is 2. The summed E-state index contributed by atoms with van der Waals surface area (Å²) < 4.78 is 0. The number of carbonyl (C=O) groups excluding carboxylic acids is 1. The molecule has 6 heteroatoms. The first kappa shape index (κ1) is 16.6. The Morgan fingerprint density at radius 3 is 2.54 bits per heavy atom. The average molecular weight is 345 g/mol. The van der Waals surface area contributed by atoms with Crippen LogP contribution in [0.3, 0.4) is 0 Å². The maximum absolute atomic E-state index is 12.4. The van der Waals surface area contributed by atoms with Crippen LogP contribution in [0.4, 0.5) is 10.5 Å². The van der Waals surface area contributed by atoms with Gasteiger partial charge in [-0.15, -0.1) is 0 Å². The monoisotopic (exact) mass is 344 g/mol. The number of urea groups is 1. The van der Waals surface area contributed by atoms with Gasteiger partial charge in [0.2, 0.25) is 0 Å². The fraction of sp³-hybridized carbons (Fsp3) is 0.333. The van der Waals surface area contributed by atoms with E-state index in [2.05, 4.69) is 15.2 Å². The topological polar surface area (TPSA) is 48.5 Å². The molecule has 1 aliphatic heterocycles. The predicted molar refractivity (Wildman–Crippen MR) is 96.4 cm³/mol. The van der Waals surface area contributed by atoms with E-state index >= 15 is 0 Å². The Hall–Kier alpha value is -2.27. The average Bonchev–Trinajstić information content (AvgIpc) is 2.62. The van der Waals surface area contributed by atoms with Gasteiger partial charge in [0.1, 0.15) is 0 Å². The highest BCUT2D eigenvalue weighted by molar-refractivity contribution is 6.30. The van der Waals surface area contributed by atoms with Crippen LogP contribution in [0.5, 0.6) is 0 Å². The molecule has 126 valence electrons. The van der Waals surface area contributed by atoms with Crippen LogP contribution in [0.1, 0.15) is 18.5 Å². The molecule has 5 nitrogen and oxygen atoms in total. The van der Waals surface area contributed by atoms with Gasteiger partial charge in [0.05, 0.1) is 6.04 Å². The lowest BCUT2D eigenvalue weighted by atomic mass is 10.1. The molecule has 1 aliphatic rings. The van der Waals surface area contributed by atoms with Crippen molar-refractivity contribution in [3.63, 3.8) is 0 Å². The standard InChI is InChI=1S/C18H21ClN4O/c1-14(15-5-7-20-8-6-15)21-18(24)23-11-9-22(10-12-23)17-4-2-3-16(19)13-17/h2-8,13-14H,9-12H2,1H3,(H,21,24)/t14-/m0/s1. The lowest BCUT2D eigenvalue weighted by Crippen LogP contribution is -2.52. The molecule has 2 heterocycles. The van der Waals surface area contributed by atoms with Crippen molar-refractivity contribution in [3.05, 3.63) is 59.4 Å². The van der Waals surface area contributed by atoms with Crippen LogP contribution in [0.2, 0.25) is 5.02 Å². The second-order valence-electron chi connectivity index (χ2n) is 5.91. The lowest BCUT2D eigenvalue weighted by molar-refractivity contribution is 0.191. The summed E-state index contributed by atoms with van der Waals surface area (Å²) in [5, 5.41) is 3.78. The number of hydrogen-bond donors (Lipinski definition) is 1. The van der Waals surface area contributed by atoms with E-state index < -0.39 is 0 Å². The van der Waals surface area contributed by atoms with Crippen molar-refractivity contribution in [3.8, 4) is 0 Å². The number of nitrogens with one attached hydrogen (secondary N) is 1. The summed E-state index contributed by atoms with van der Waals surface area (Å²) in [6.45, 7) is 4.98. The van der Waals surface area contributed by atoms with Gasteiger partial charge in [0.15, 0.2) is 0 Å². The quantitative estimate of drug-likeness (QED) is 0.929. The lowest BCUT2D eigenvalue weighted by Gasteiger charge is -2.36. The smallest absolute Gasteiger partial charge is 0.317 e. The summed E-state index contributed by atoms with van der Waals surface area (Å²) in [4.78, 5) is 20.6. The molecular weight excluding hydrogens is 324 g/mol. The molecule has 1 saturated heterocycles. The van der Waals surface area contributed by atoms with Gasteiger partial charge in [-0.25, -0.2) is 4.79 Å². The van der Waals surface area contributed by atoms with Gasteiger partial charge in [-0.1, -0.05) is 17.7 Å². The van der Waals surface area contributed by atoms with E-state index in [9.17, 15) is 4.79 Å². The van der Waals surface area contributed by atoms with Crippen LogP contribution >= 0.6 is 11.6 Å². The highest BCUT2D eigenvalue weighted by atomic mass is 35.5. The minimum atomic E-state index is -0.0357. The number of piperazine rings is 1. The van der Waals surface area contributed by atoms with Crippen LogP contribution < -0.4 is 10.2 Å². The first-order valence-corrected chi connectivity index (χ1v) is 8.47. The van der Waals surface area contributed by atoms with Gasteiger partial charge in [-0.2, -0.15) is 0 Å². The number of halogens is 1. The summed E-state index contributed by atoms with van der Waals surface area (Å²) in [6, 6.07) is 11.6. The van der Waals surface area contributed by atoms with E-state index in [0.717, 1.165) is 29.4 Å². The summed E-state index contributed by atoms with van der Waals surface area (Å²) in [7, 11) is 0. The third-order valence-electron chi connectivity index (χ3n) is 4.29. The van der Waals surface area contributed by atoms with Gasteiger partial charge in [0.25, 0.3) is 0 Å². The highest BCUT2D eigenvalue weighted by Crippen LogP contribution is 2.21. The second-order valence-corrected chi connectivity index (χ2v) is 6.34. The van der Waals surface area contributed by atoms with Crippen molar-refractivity contribution in [2.45, 2.75) is 13.0 Å². The predicted octanol–water partition coefficient (Wildman–Crippen LogP) is 3.33. The number of anilines is 1. The first-order chi connectivity index (χ1) is 11.6.